The van der Waals surface area contributed by atoms with Crippen LogP contribution in [-0.4, -0.2) is 39.2 Å². The van der Waals surface area contributed by atoms with Crippen LogP contribution in [0.3, 0.4) is 0 Å². The van der Waals surface area contributed by atoms with Crippen molar-refractivity contribution in [2.75, 3.05) is 18.8 Å². The monoisotopic (exact) mass is 399 g/mol. The first-order valence-corrected chi connectivity index (χ1v) is 11.1. The van der Waals surface area contributed by atoms with Crippen molar-refractivity contribution in [2.45, 2.75) is 30.8 Å². The predicted octanol–water partition coefficient (Wildman–Crippen LogP) is 3.94. The topological polar surface area (TPSA) is 55.2 Å². The number of para-hydroxylation sites is 1. The van der Waals surface area contributed by atoms with E-state index < -0.39 is 0 Å². The molecule has 5 nitrogen and oxygen atoms in total. The third kappa shape index (κ3) is 3.94. The number of fused-ring (bicyclic) bond motifs is 1. The molecule has 3 aromatic rings. The summed E-state index contributed by atoms with van der Waals surface area (Å²) in [6, 6.07) is 11.4. The van der Waals surface area contributed by atoms with E-state index in [2.05, 4.69) is 4.98 Å². The van der Waals surface area contributed by atoms with Crippen LogP contribution in [0.2, 0.25) is 0 Å². The highest BCUT2D eigenvalue weighted by atomic mass is 32.2. The molecule has 7 heteroatoms. The molecule has 0 bridgehead atoms. The minimum Gasteiger partial charge on any atom is -0.342 e. The van der Waals surface area contributed by atoms with Crippen molar-refractivity contribution in [1.29, 1.82) is 0 Å². The Balaban J connectivity index is 1.64. The molecule has 0 spiro atoms. The molecule has 0 atom stereocenters. The minimum absolute atomic E-state index is 0.0779. The lowest BCUT2D eigenvalue weighted by molar-refractivity contribution is -0.128. The summed E-state index contributed by atoms with van der Waals surface area (Å²) in [7, 11) is 0. The molecular formula is C20H21N3O2S2. The highest BCUT2D eigenvalue weighted by Gasteiger charge is 2.19. The second kappa shape index (κ2) is 8.27. The summed E-state index contributed by atoms with van der Waals surface area (Å²) in [5, 5.41) is 2.45. The van der Waals surface area contributed by atoms with Crippen LogP contribution in [0.15, 0.2) is 51.7 Å². The average Bonchev–Trinajstić information content (AvgIpc) is 3.00. The Morgan fingerprint density at radius 3 is 2.56 bits per heavy atom. The van der Waals surface area contributed by atoms with Crippen molar-refractivity contribution >= 4 is 39.2 Å². The maximum atomic E-state index is 13.0. The van der Waals surface area contributed by atoms with Crippen LogP contribution in [-0.2, 0) is 4.79 Å². The van der Waals surface area contributed by atoms with Crippen molar-refractivity contribution in [1.82, 2.24) is 14.5 Å². The molecule has 1 saturated heterocycles. The SMILES string of the molecule is O=C(CSc1nc2ccsc2c(=O)n1-c1ccccc1)N1CCCCCC1. The smallest absolute Gasteiger partial charge is 0.276 e. The van der Waals surface area contributed by atoms with Gasteiger partial charge in [0.1, 0.15) is 4.70 Å². The zero-order valence-corrected chi connectivity index (χ0v) is 16.6. The number of carbonyl (C=O) groups excluding carboxylic acids is 1. The lowest BCUT2D eigenvalue weighted by Crippen LogP contribution is -2.33. The number of hydrogen-bond donors (Lipinski definition) is 0. The number of rotatable bonds is 4. The van der Waals surface area contributed by atoms with Crippen LogP contribution in [0.5, 0.6) is 0 Å². The van der Waals surface area contributed by atoms with Crippen LogP contribution in [0, 0.1) is 0 Å². The molecule has 140 valence electrons. The molecule has 4 rings (SSSR count). The second-order valence-electron chi connectivity index (χ2n) is 6.59. The molecule has 0 radical (unpaired) electrons. The molecule has 1 aliphatic rings. The number of carbonyl (C=O) groups is 1. The van der Waals surface area contributed by atoms with Gasteiger partial charge in [-0.1, -0.05) is 42.8 Å². The molecule has 0 aliphatic carbocycles. The minimum atomic E-state index is -0.0779. The maximum Gasteiger partial charge on any atom is 0.276 e. The van der Waals surface area contributed by atoms with E-state index in [1.165, 1.54) is 35.9 Å². The van der Waals surface area contributed by atoms with E-state index in [1.54, 1.807) is 4.57 Å². The molecular weight excluding hydrogens is 378 g/mol. The van der Waals surface area contributed by atoms with Gasteiger partial charge >= 0.3 is 0 Å². The van der Waals surface area contributed by atoms with Crippen LogP contribution in [0.25, 0.3) is 15.9 Å². The van der Waals surface area contributed by atoms with Gasteiger partial charge in [0.05, 0.1) is 17.0 Å². The number of hydrogen-bond acceptors (Lipinski definition) is 5. The fourth-order valence-corrected chi connectivity index (χ4v) is 5.01. The van der Waals surface area contributed by atoms with Crippen molar-refractivity contribution in [3.8, 4) is 5.69 Å². The first kappa shape index (κ1) is 18.3. The Bertz CT molecular complexity index is 989. The van der Waals surface area contributed by atoms with Crippen molar-refractivity contribution in [2.24, 2.45) is 0 Å². The third-order valence-corrected chi connectivity index (χ3v) is 6.56. The molecule has 1 aliphatic heterocycles. The van der Waals surface area contributed by atoms with E-state index in [1.807, 2.05) is 46.7 Å². The van der Waals surface area contributed by atoms with Gasteiger partial charge in [-0.2, -0.15) is 0 Å². The van der Waals surface area contributed by atoms with Gasteiger partial charge in [-0.05, 0) is 36.4 Å². The molecule has 1 aromatic carbocycles. The summed E-state index contributed by atoms with van der Waals surface area (Å²) in [6.45, 7) is 1.67. The van der Waals surface area contributed by atoms with Gasteiger partial charge in [0.2, 0.25) is 5.91 Å². The van der Waals surface area contributed by atoms with Gasteiger partial charge in [0.25, 0.3) is 5.56 Å². The Kier molecular flexibility index (Phi) is 5.59. The van der Waals surface area contributed by atoms with E-state index >= 15 is 0 Å². The van der Waals surface area contributed by atoms with Crippen LogP contribution < -0.4 is 5.56 Å². The number of thioether (sulfide) groups is 1. The van der Waals surface area contributed by atoms with Gasteiger partial charge in [0.15, 0.2) is 5.16 Å². The lowest BCUT2D eigenvalue weighted by Gasteiger charge is -2.20. The third-order valence-electron chi connectivity index (χ3n) is 4.75. The van der Waals surface area contributed by atoms with E-state index in [-0.39, 0.29) is 11.5 Å². The number of likely N-dealkylation sites (tertiary alicyclic amines) is 1. The van der Waals surface area contributed by atoms with E-state index in [0.29, 0.717) is 21.1 Å². The van der Waals surface area contributed by atoms with E-state index in [4.69, 9.17) is 0 Å². The summed E-state index contributed by atoms with van der Waals surface area (Å²) in [6.07, 6.45) is 4.54. The first-order chi connectivity index (χ1) is 13.2. The summed E-state index contributed by atoms with van der Waals surface area (Å²) in [5.41, 5.74) is 1.39. The summed E-state index contributed by atoms with van der Waals surface area (Å²) in [5.74, 6) is 0.427. The first-order valence-electron chi connectivity index (χ1n) is 9.20. The fourth-order valence-electron chi connectivity index (χ4n) is 3.33. The lowest BCUT2D eigenvalue weighted by atomic mass is 10.2. The highest BCUT2D eigenvalue weighted by molar-refractivity contribution is 7.99. The number of aromatic nitrogens is 2. The number of thiophene rings is 1. The Labute approximate surface area is 166 Å². The zero-order valence-electron chi connectivity index (χ0n) is 15.0. The molecule has 1 amide bonds. The molecule has 0 saturated carbocycles. The Hall–Kier alpha value is -2.12. The van der Waals surface area contributed by atoms with Gasteiger partial charge in [-0.25, -0.2) is 4.98 Å². The largest absolute Gasteiger partial charge is 0.342 e. The van der Waals surface area contributed by atoms with E-state index in [0.717, 1.165) is 31.6 Å². The van der Waals surface area contributed by atoms with Crippen LogP contribution in [0.1, 0.15) is 25.7 Å². The molecule has 0 N–H and O–H groups in total. The highest BCUT2D eigenvalue weighted by Crippen LogP contribution is 2.24. The Morgan fingerprint density at radius 2 is 1.81 bits per heavy atom. The average molecular weight is 400 g/mol. The van der Waals surface area contributed by atoms with Gasteiger partial charge in [-0.15, -0.1) is 11.3 Å². The second-order valence-corrected chi connectivity index (χ2v) is 8.45. The zero-order chi connectivity index (χ0) is 18.6. The molecule has 3 heterocycles. The maximum absolute atomic E-state index is 13.0. The fraction of sp³-hybridized carbons (Fsp3) is 0.350. The van der Waals surface area contributed by atoms with Crippen LogP contribution >= 0.6 is 23.1 Å². The van der Waals surface area contributed by atoms with Gasteiger partial charge in [-0.3, -0.25) is 14.2 Å². The van der Waals surface area contributed by atoms with Crippen molar-refractivity contribution < 1.29 is 4.79 Å². The predicted molar refractivity (Wildman–Crippen MR) is 111 cm³/mol. The normalized spacial score (nSPS) is 15.0. The summed E-state index contributed by atoms with van der Waals surface area (Å²) < 4.78 is 2.26. The molecule has 1 fully saturated rings. The standard InChI is InChI=1S/C20H21N3O2S2/c24-17(22-11-6-1-2-7-12-22)14-27-20-21-16-10-13-26-18(16)19(25)23(20)15-8-4-3-5-9-15/h3-5,8-10,13H,1-2,6-7,11-12,14H2. The molecule has 2 aromatic heterocycles. The van der Waals surface area contributed by atoms with Crippen molar-refractivity contribution in [3.63, 3.8) is 0 Å². The van der Waals surface area contributed by atoms with E-state index in [9.17, 15) is 9.59 Å². The van der Waals surface area contributed by atoms with Gasteiger partial charge < -0.3 is 4.90 Å². The number of amides is 1. The van der Waals surface area contributed by atoms with Crippen molar-refractivity contribution in [3.05, 3.63) is 52.1 Å². The quantitative estimate of drug-likeness (QED) is 0.493. The van der Waals surface area contributed by atoms with Crippen LogP contribution in [0.4, 0.5) is 0 Å². The molecule has 0 unspecified atom stereocenters. The number of benzene rings is 1. The number of nitrogens with zero attached hydrogens (tertiary/aromatic N) is 3. The van der Waals surface area contributed by atoms with Gasteiger partial charge in [0, 0.05) is 13.1 Å². The molecule has 27 heavy (non-hydrogen) atoms. The Morgan fingerprint density at radius 1 is 1.07 bits per heavy atom. The summed E-state index contributed by atoms with van der Waals surface area (Å²) in [4.78, 5) is 32.3. The summed E-state index contributed by atoms with van der Waals surface area (Å²) >= 11 is 2.75.